The first-order chi connectivity index (χ1) is 8.86. The van der Waals surface area contributed by atoms with E-state index in [4.69, 9.17) is 22.4 Å². The predicted molar refractivity (Wildman–Crippen MR) is 66.4 cm³/mol. The van der Waals surface area contributed by atoms with Crippen LogP contribution in [-0.4, -0.2) is 36.9 Å². The summed E-state index contributed by atoms with van der Waals surface area (Å²) in [7, 11) is 1.36. The van der Waals surface area contributed by atoms with Gasteiger partial charge in [-0.05, 0) is 18.2 Å². The fourth-order valence-corrected chi connectivity index (χ4v) is 1.52. The maximum Gasteiger partial charge on any atom is 0.405 e. The van der Waals surface area contributed by atoms with Crippen LogP contribution < -0.4 is 10.6 Å². The predicted octanol–water partition coefficient (Wildman–Crippen LogP) is 0.898. The van der Waals surface area contributed by atoms with Crippen molar-refractivity contribution in [1.82, 2.24) is 0 Å². The van der Waals surface area contributed by atoms with E-state index in [0.29, 0.717) is 0 Å². The Balaban J connectivity index is 2.91. The molecule has 0 aliphatic heterocycles. The molecule has 0 saturated carbocycles. The van der Waals surface area contributed by atoms with Gasteiger partial charge >= 0.3 is 6.09 Å². The summed E-state index contributed by atoms with van der Waals surface area (Å²) in [6.45, 7) is -0.721. The van der Waals surface area contributed by atoms with Crippen LogP contribution in [0.1, 0.15) is 0 Å². The van der Waals surface area contributed by atoms with E-state index in [1.807, 2.05) is 0 Å². The zero-order valence-electron chi connectivity index (χ0n) is 9.97. The molecule has 1 unspecified atom stereocenters. The second kappa shape index (κ2) is 6.35. The molecule has 0 saturated heterocycles. The van der Waals surface area contributed by atoms with E-state index in [0.717, 1.165) is 11.0 Å². The van der Waals surface area contributed by atoms with Gasteiger partial charge in [0, 0.05) is 12.7 Å². The van der Waals surface area contributed by atoms with Crippen molar-refractivity contribution in [2.75, 3.05) is 18.6 Å². The van der Waals surface area contributed by atoms with E-state index in [9.17, 15) is 14.0 Å². The normalized spacial score (nSPS) is 11.8. The summed E-state index contributed by atoms with van der Waals surface area (Å²) in [5, 5.41) is 8.81. The lowest BCUT2D eigenvalue weighted by molar-refractivity contribution is -0.128. The molecule has 19 heavy (non-hydrogen) atoms. The minimum Gasteiger partial charge on any atom is -0.434 e. The first kappa shape index (κ1) is 15.2. The third-order valence-corrected chi connectivity index (χ3v) is 2.61. The lowest BCUT2D eigenvalue weighted by Gasteiger charge is -2.22. The molecule has 0 aliphatic carbocycles. The van der Waals surface area contributed by atoms with E-state index in [2.05, 4.69) is 4.74 Å². The fraction of sp³-hybridized carbons (Fsp3) is 0.273. The molecule has 0 bridgehead atoms. The van der Waals surface area contributed by atoms with Gasteiger partial charge in [0.25, 0.3) is 5.91 Å². The molecule has 2 amide bonds. The summed E-state index contributed by atoms with van der Waals surface area (Å²) < 4.78 is 17.4. The van der Waals surface area contributed by atoms with Gasteiger partial charge in [0.15, 0.2) is 0 Å². The Bertz CT molecular complexity index is 498. The third kappa shape index (κ3) is 3.80. The van der Waals surface area contributed by atoms with Crippen LogP contribution in [0.3, 0.4) is 0 Å². The van der Waals surface area contributed by atoms with Gasteiger partial charge in [0.05, 0.1) is 11.6 Å². The van der Waals surface area contributed by atoms with E-state index in [-0.39, 0.29) is 10.7 Å². The van der Waals surface area contributed by atoms with Crippen LogP contribution in [0, 0.1) is 5.82 Å². The number of carbonyl (C=O) groups excluding carboxylic acids is 2. The van der Waals surface area contributed by atoms with Crippen LogP contribution in [-0.2, 0) is 9.53 Å². The van der Waals surface area contributed by atoms with E-state index in [1.54, 1.807) is 0 Å². The Labute approximate surface area is 113 Å². The summed E-state index contributed by atoms with van der Waals surface area (Å²) in [5.74, 6) is -1.35. The van der Waals surface area contributed by atoms with E-state index in [1.165, 1.54) is 19.2 Å². The van der Waals surface area contributed by atoms with Crippen molar-refractivity contribution in [3.8, 4) is 0 Å². The highest BCUT2D eigenvalue weighted by atomic mass is 35.5. The van der Waals surface area contributed by atoms with Crippen LogP contribution in [0.2, 0.25) is 5.02 Å². The molecule has 1 aromatic rings. The molecule has 0 aliphatic rings. The maximum absolute atomic E-state index is 13.0. The van der Waals surface area contributed by atoms with Crippen LogP contribution in [0.5, 0.6) is 0 Å². The first-order valence-corrected chi connectivity index (χ1v) is 5.54. The van der Waals surface area contributed by atoms with Crippen molar-refractivity contribution in [2.45, 2.75) is 6.10 Å². The molecule has 0 aromatic heterocycles. The number of hydrogen-bond acceptors (Lipinski definition) is 4. The van der Waals surface area contributed by atoms with Gasteiger partial charge in [0.2, 0.25) is 6.10 Å². The smallest absolute Gasteiger partial charge is 0.405 e. The van der Waals surface area contributed by atoms with Crippen LogP contribution in [0.15, 0.2) is 18.2 Å². The number of rotatable bonds is 4. The van der Waals surface area contributed by atoms with Crippen LogP contribution in [0.25, 0.3) is 0 Å². The monoisotopic (exact) mass is 290 g/mol. The molecule has 0 radical (unpaired) electrons. The highest BCUT2D eigenvalue weighted by Gasteiger charge is 2.25. The van der Waals surface area contributed by atoms with Gasteiger partial charge in [0.1, 0.15) is 5.82 Å². The molecule has 0 heterocycles. The number of benzene rings is 1. The van der Waals surface area contributed by atoms with Gasteiger partial charge in [-0.1, -0.05) is 11.6 Å². The van der Waals surface area contributed by atoms with Gasteiger partial charge in [-0.3, -0.25) is 4.79 Å². The van der Waals surface area contributed by atoms with Crippen molar-refractivity contribution >= 4 is 29.3 Å². The zero-order chi connectivity index (χ0) is 14.6. The van der Waals surface area contributed by atoms with Crippen molar-refractivity contribution in [1.29, 1.82) is 0 Å². The summed E-state index contributed by atoms with van der Waals surface area (Å²) in [6, 6.07) is 3.63. The highest BCUT2D eigenvalue weighted by Crippen LogP contribution is 2.22. The van der Waals surface area contributed by atoms with Gasteiger partial charge in [-0.25, -0.2) is 9.18 Å². The molecule has 0 fully saturated rings. The molecule has 104 valence electrons. The average Bonchev–Trinajstić information content (AvgIpc) is 2.37. The number of carbonyl (C=O) groups is 2. The number of hydrogen-bond donors (Lipinski definition) is 2. The molecular formula is C11H12ClFN2O4. The number of ether oxygens (including phenoxy) is 1. The molecule has 6 nitrogen and oxygen atoms in total. The zero-order valence-corrected chi connectivity index (χ0v) is 10.7. The Morgan fingerprint density at radius 3 is 2.68 bits per heavy atom. The molecule has 1 aromatic carbocycles. The number of amides is 2. The minimum absolute atomic E-state index is 0.159. The SMILES string of the molecule is CN(C(=O)C(CO)OC(N)=O)c1ccc(F)c(Cl)c1. The quantitative estimate of drug-likeness (QED) is 0.861. The molecule has 3 N–H and O–H groups in total. The summed E-state index contributed by atoms with van der Waals surface area (Å²) in [6.07, 6.45) is -2.61. The highest BCUT2D eigenvalue weighted by molar-refractivity contribution is 6.31. The second-order valence-electron chi connectivity index (χ2n) is 3.60. The number of aliphatic hydroxyl groups is 1. The number of halogens is 2. The lowest BCUT2D eigenvalue weighted by Crippen LogP contribution is -2.42. The molecule has 1 rings (SSSR count). The first-order valence-electron chi connectivity index (χ1n) is 5.16. The van der Waals surface area contributed by atoms with Crippen molar-refractivity contribution < 1.29 is 23.8 Å². The van der Waals surface area contributed by atoms with E-state index >= 15 is 0 Å². The largest absolute Gasteiger partial charge is 0.434 e. The summed E-state index contributed by atoms with van der Waals surface area (Å²) in [4.78, 5) is 23.5. The number of aliphatic hydroxyl groups excluding tert-OH is 1. The number of primary amides is 1. The van der Waals surface area contributed by atoms with Gasteiger partial charge < -0.3 is 20.5 Å². The van der Waals surface area contributed by atoms with Gasteiger partial charge in [-0.15, -0.1) is 0 Å². The van der Waals surface area contributed by atoms with Crippen LogP contribution in [0.4, 0.5) is 14.9 Å². The Morgan fingerprint density at radius 1 is 1.58 bits per heavy atom. The Morgan fingerprint density at radius 2 is 2.21 bits per heavy atom. The number of anilines is 1. The fourth-order valence-electron chi connectivity index (χ4n) is 1.34. The Kier molecular flexibility index (Phi) is 5.08. The molecule has 0 spiro atoms. The number of nitrogens with zero attached hydrogens (tertiary/aromatic N) is 1. The molecule has 1 atom stereocenters. The average molecular weight is 291 g/mol. The number of likely N-dealkylation sites (N-methyl/N-ethyl adjacent to an activating group) is 1. The topological polar surface area (TPSA) is 92.9 Å². The summed E-state index contributed by atoms with van der Waals surface area (Å²) in [5.41, 5.74) is 5.06. The molecular weight excluding hydrogens is 279 g/mol. The van der Waals surface area contributed by atoms with Crippen molar-refractivity contribution in [3.63, 3.8) is 0 Å². The Hall–Kier alpha value is -1.86. The van der Waals surface area contributed by atoms with Gasteiger partial charge in [-0.2, -0.15) is 0 Å². The standard InChI is InChI=1S/C11H12ClFN2O4/c1-15(6-2-3-8(13)7(12)4-6)10(17)9(5-16)19-11(14)18/h2-4,9,16H,5H2,1H3,(H2,14,18). The van der Waals surface area contributed by atoms with E-state index < -0.39 is 30.5 Å². The third-order valence-electron chi connectivity index (χ3n) is 2.32. The minimum atomic E-state index is -1.42. The molecule has 8 heteroatoms. The van der Waals surface area contributed by atoms with Crippen molar-refractivity contribution in [3.05, 3.63) is 29.0 Å². The lowest BCUT2D eigenvalue weighted by atomic mass is 10.2. The van der Waals surface area contributed by atoms with Crippen molar-refractivity contribution in [2.24, 2.45) is 5.73 Å². The number of nitrogens with two attached hydrogens (primary N) is 1. The maximum atomic E-state index is 13.0. The van der Waals surface area contributed by atoms with Crippen LogP contribution >= 0.6 is 11.6 Å². The second-order valence-corrected chi connectivity index (χ2v) is 4.01. The summed E-state index contributed by atoms with van der Waals surface area (Å²) >= 11 is 5.59.